The normalized spacial score (nSPS) is 22.4. The van der Waals surface area contributed by atoms with E-state index in [4.69, 9.17) is 0 Å². The summed E-state index contributed by atoms with van der Waals surface area (Å²) in [5, 5.41) is 6.20. The fraction of sp³-hybridized carbons (Fsp3) is 0.611. The van der Waals surface area contributed by atoms with Crippen LogP contribution in [-0.4, -0.2) is 34.3 Å². The van der Waals surface area contributed by atoms with E-state index >= 15 is 0 Å². The van der Waals surface area contributed by atoms with Gasteiger partial charge in [-0.1, -0.05) is 19.4 Å². The second-order valence-corrected chi connectivity index (χ2v) is 8.53. The van der Waals surface area contributed by atoms with E-state index in [-0.39, 0.29) is 23.4 Å². The Hall–Kier alpha value is -1.64. The van der Waals surface area contributed by atoms with Crippen molar-refractivity contribution >= 4 is 16.8 Å². The Morgan fingerprint density at radius 2 is 2.07 bits per heavy atom. The van der Waals surface area contributed by atoms with E-state index < -0.39 is 28.4 Å². The molecular weight excluding hydrogens is 382 g/mol. The molecule has 1 aliphatic carbocycles. The van der Waals surface area contributed by atoms with Gasteiger partial charge in [0.2, 0.25) is 0 Å². The van der Waals surface area contributed by atoms with Gasteiger partial charge in [-0.05, 0) is 37.0 Å². The van der Waals surface area contributed by atoms with E-state index in [1.54, 1.807) is 0 Å². The van der Waals surface area contributed by atoms with Crippen LogP contribution >= 0.6 is 0 Å². The highest BCUT2D eigenvalue weighted by Crippen LogP contribution is 2.32. The van der Waals surface area contributed by atoms with Crippen molar-refractivity contribution in [2.24, 2.45) is 4.99 Å². The number of nitrogens with zero attached hydrogens (tertiary/aromatic N) is 1. The molecule has 4 nitrogen and oxygen atoms in total. The number of benzene rings is 1. The van der Waals surface area contributed by atoms with Gasteiger partial charge >= 0.3 is 6.18 Å². The molecular formula is C18H25F4N3OS. The van der Waals surface area contributed by atoms with Crippen molar-refractivity contribution in [1.29, 1.82) is 0 Å². The number of alkyl halides is 3. The first-order valence-corrected chi connectivity index (χ1v) is 10.3. The maximum Gasteiger partial charge on any atom is 0.416 e. The minimum Gasteiger partial charge on any atom is -0.354 e. The maximum absolute atomic E-state index is 13.2. The van der Waals surface area contributed by atoms with Gasteiger partial charge in [-0.15, -0.1) is 0 Å². The fourth-order valence-corrected chi connectivity index (χ4v) is 4.63. The van der Waals surface area contributed by atoms with E-state index in [9.17, 15) is 21.8 Å². The summed E-state index contributed by atoms with van der Waals surface area (Å²) in [6.07, 6.45) is -1.12. The van der Waals surface area contributed by atoms with Crippen LogP contribution in [0.25, 0.3) is 0 Å². The smallest absolute Gasteiger partial charge is 0.354 e. The van der Waals surface area contributed by atoms with E-state index in [1.165, 1.54) is 7.05 Å². The van der Waals surface area contributed by atoms with Crippen LogP contribution in [-0.2, 0) is 23.5 Å². The molecule has 0 radical (unpaired) electrons. The van der Waals surface area contributed by atoms with Crippen molar-refractivity contribution in [3.63, 3.8) is 0 Å². The average molecular weight is 407 g/mol. The monoisotopic (exact) mass is 407 g/mol. The van der Waals surface area contributed by atoms with Crippen molar-refractivity contribution in [3.8, 4) is 0 Å². The van der Waals surface area contributed by atoms with Gasteiger partial charge in [0, 0.05) is 41.4 Å². The quantitative estimate of drug-likeness (QED) is 0.446. The molecule has 0 bridgehead atoms. The highest BCUT2D eigenvalue weighted by atomic mass is 32.2. The molecule has 27 heavy (non-hydrogen) atoms. The molecule has 0 aliphatic heterocycles. The lowest BCUT2D eigenvalue weighted by molar-refractivity contribution is -0.138. The lowest BCUT2D eigenvalue weighted by Crippen LogP contribution is -2.46. The highest BCUT2D eigenvalue weighted by Gasteiger charge is 2.33. The average Bonchev–Trinajstić information content (AvgIpc) is 2.64. The molecule has 0 aromatic heterocycles. The molecule has 0 amide bonds. The maximum atomic E-state index is 13.2. The van der Waals surface area contributed by atoms with Crippen LogP contribution in [0.4, 0.5) is 17.6 Å². The standard InChI is InChI=1S/C18H25F4N3OS/c1-3-27(26)15-6-4-5-14(10-15)25-17(23-2)24-11-12-7-8-13(19)9-16(12)18(20,21)22/h7-9,14-15H,3-6,10-11H2,1-2H3,(H2,23,24,25). The summed E-state index contributed by atoms with van der Waals surface area (Å²) in [7, 11) is 0.676. The molecule has 9 heteroatoms. The van der Waals surface area contributed by atoms with Crippen LogP contribution in [0.2, 0.25) is 0 Å². The summed E-state index contributed by atoms with van der Waals surface area (Å²) in [5.41, 5.74) is -1.05. The van der Waals surface area contributed by atoms with Gasteiger partial charge in [-0.3, -0.25) is 9.20 Å². The summed E-state index contributed by atoms with van der Waals surface area (Å²) < 4.78 is 64.5. The number of nitrogens with one attached hydrogen (secondary N) is 2. The molecule has 1 aromatic rings. The van der Waals surface area contributed by atoms with Crippen LogP contribution in [0.5, 0.6) is 0 Å². The minimum atomic E-state index is -4.63. The number of rotatable bonds is 5. The van der Waals surface area contributed by atoms with E-state index in [0.29, 0.717) is 17.8 Å². The van der Waals surface area contributed by atoms with Gasteiger partial charge in [-0.2, -0.15) is 13.2 Å². The largest absolute Gasteiger partial charge is 0.416 e. The van der Waals surface area contributed by atoms with E-state index in [1.807, 2.05) is 6.92 Å². The zero-order chi connectivity index (χ0) is 20.0. The molecule has 3 unspecified atom stereocenters. The highest BCUT2D eigenvalue weighted by molar-refractivity contribution is 7.85. The van der Waals surface area contributed by atoms with Gasteiger partial charge in [0.15, 0.2) is 5.96 Å². The molecule has 0 heterocycles. The molecule has 0 spiro atoms. The SMILES string of the molecule is CCS(=O)C1CCCC(NC(=NC)NCc2ccc(F)cc2C(F)(F)F)C1. The van der Waals surface area contributed by atoms with Gasteiger partial charge in [-0.25, -0.2) is 4.39 Å². The number of hydrogen-bond acceptors (Lipinski definition) is 2. The summed E-state index contributed by atoms with van der Waals surface area (Å²) in [6, 6.07) is 2.70. The molecule has 1 aromatic carbocycles. The second-order valence-electron chi connectivity index (χ2n) is 6.52. The zero-order valence-corrected chi connectivity index (χ0v) is 16.2. The van der Waals surface area contributed by atoms with Gasteiger partial charge < -0.3 is 10.6 Å². The predicted molar refractivity (Wildman–Crippen MR) is 99.5 cm³/mol. The number of aliphatic imine (C=N–C) groups is 1. The van der Waals surface area contributed by atoms with Crippen molar-refractivity contribution in [2.45, 2.75) is 56.6 Å². The molecule has 2 N–H and O–H groups in total. The molecule has 1 saturated carbocycles. The first-order valence-electron chi connectivity index (χ1n) is 8.94. The van der Waals surface area contributed by atoms with Crippen LogP contribution in [0.3, 0.4) is 0 Å². The third kappa shape index (κ3) is 6.19. The molecule has 0 saturated heterocycles. The summed E-state index contributed by atoms with van der Waals surface area (Å²) >= 11 is 0. The van der Waals surface area contributed by atoms with Crippen molar-refractivity contribution in [1.82, 2.24) is 10.6 Å². The Kier molecular flexibility index (Phi) is 7.64. The lowest BCUT2D eigenvalue weighted by Gasteiger charge is -2.30. The van der Waals surface area contributed by atoms with Crippen LogP contribution < -0.4 is 10.6 Å². The van der Waals surface area contributed by atoms with Gasteiger partial charge in [0.05, 0.1) is 5.56 Å². The molecule has 3 atom stereocenters. The Labute approximate surface area is 159 Å². The number of halogens is 4. The summed E-state index contributed by atoms with van der Waals surface area (Å²) in [4.78, 5) is 4.06. The molecule has 1 fully saturated rings. The predicted octanol–water partition coefficient (Wildman–Crippen LogP) is 3.59. The van der Waals surface area contributed by atoms with Crippen molar-refractivity contribution < 1.29 is 21.8 Å². The van der Waals surface area contributed by atoms with Gasteiger partial charge in [0.1, 0.15) is 5.82 Å². The second kappa shape index (κ2) is 9.52. The Morgan fingerprint density at radius 1 is 1.33 bits per heavy atom. The Morgan fingerprint density at radius 3 is 2.70 bits per heavy atom. The zero-order valence-electron chi connectivity index (χ0n) is 15.4. The Balaban J connectivity index is 2.00. The third-order valence-corrected chi connectivity index (χ3v) is 6.41. The number of guanidine groups is 1. The first kappa shape index (κ1) is 21.7. The summed E-state index contributed by atoms with van der Waals surface area (Å²) in [5.74, 6) is 0.0703. The van der Waals surface area contributed by atoms with Crippen LogP contribution in [0.15, 0.2) is 23.2 Å². The third-order valence-electron chi connectivity index (χ3n) is 4.67. The van der Waals surface area contributed by atoms with Crippen LogP contribution in [0, 0.1) is 5.82 Å². The number of hydrogen-bond donors (Lipinski definition) is 2. The van der Waals surface area contributed by atoms with E-state index in [2.05, 4.69) is 15.6 Å². The fourth-order valence-electron chi connectivity index (χ4n) is 3.28. The van der Waals surface area contributed by atoms with E-state index in [0.717, 1.165) is 37.8 Å². The topological polar surface area (TPSA) is 53.5 Å². The molecule has 2 rings (SSSR count). The molecule has 152 valence electrons. The molecule has 1 aliphatic rings. The minimum absolute atomic E-state index is 0.0551. The van der Waals surface area contributed by atoms with Crippen molar-refractivity contribution in [3.05, 3.63) is 35.1 Å². The van der Waals surface area contributed by atoms with Crippen LogP contribution in [0.1, 0.15) is 43.7 Å². The first-order chi connectivity index (χ1) is 12.7. The summed E-state index contributed by atoms with van der Waals surface area (Å²) in [6.45, 7) is 1.76. The Bertz CT molecular complexity index is 694. The van der Waals surface area contributed by atoms with Crippen molar-refractivity contribution in [2.75, 3.05) is 12.8 Å². The van der Waals surface area contributed by atoms with Gasteiger partial charge in [0.25, 0.3) is 0 Å². The lowest BCUT2D eigenvalue weighted by atomic mass is 9.95.